The fourth-order valence-corrected chi connectivity index (χ4v) is 6.27. The average molecular weight is 454 g/mol. The number of halogens is 2. The standard InChI is InChI=1S/C30H41F2N/c1-23(2)33(22-25-12-5-4-6-13-25)24(3)16-17-26-27(29(31)18-7-8-19-29)14-11-15-28(26)30(32)20-9-10-21-30/h4-6,11-15,23-24H,7-10,16-22H2,1-3H3. The van der Waals surface area contributed by atoms with Crippen LogP contribution < -0.4 is 0 Å². The van der Waals surface area contributed by atoms with E-state index in [4.69, 9.17) is 0 Å². The predicted octanol–water partition coefficient (Wildman–Crippen LogP) is 8.40. The maximum absolute atomic E-state index is 16.1. The molecule has 2 aromatic carbocycles. The highest BCUT2D eigenvalue weighted by Gasteiger charge is 2.42. The van der Waals surface area contributed by atoms with E-state index in [1.165, 1.54) is 5.56 Å². The monoisotopic (exact) mass is 453 g/mol. The molecule has 3 heteroatoms. The Hall–Kier alpha value is -1.74. The number of alkyl halides is 2. The van der Waals surface area contributed by atoms with Gasteiger partial charge in [0.15, 0.2) is 0 Å². The molecule has 0 spiro atoms. The van der Waals surface area contributed by atoms with Crippen LogP contribution in [0.2, 0.25) is 0 Å². The third-order valence-corrected chi connectivity index (χ3v) is 8.18. The first-order valence-corrected chi connectivity index (χ1v) is 13.1. The molecule has 1 atom stereocenters. The van der Waals surface area contributed by atoms with Crippen LogP contribution in [0, 0.1) is 0 Å². The summed E-state index contributed by atoms with van der Waals surface area (Å²) >= 11 is 0. The molecule has 2 aromatic rings. The van der Waals surface area contributed by atoms with Crippen LogP contribution in [-0.4, -0.2) is 17.0 Å². The van der Waals surface area contributed by atoms with Gasteiger partial charge in [0.05, 0.1) is 0 Å². The van der Waals surface area contributed by atoms with E-state index in [2.05, 4.69) is 56.0 Å². The number of benzene rings is 2. The van der Waals surface area contributed by atoms with Crippen LogP contribution in [0.25, 0.3) is 0 Å². The van der Waals surface area contributed by atoms with E-state index in [9.17, 15) is 0 Å². The largest absolute Gasteiger partial charge is 0.294 e. The summed E-state index contributed by atoms with van der Waals surface area (Å²) in [4.78, 5) is 2.51. The van der Waals surface area contributed by atoms with E-state index in [1.807, 2.05) is 18.2 Å². The van der Waals surface area contributed by atoms with Crippen LogP contribution in [0.5, 0.6) is 0 Å². The lowest BCUT2D eigenvalue weighted by Crippen LogP contribution is -2.38. The van der Waals surface area contributed by atoms with E-state index < -0.39 is 11.3 Å². The quantitative estimate of drug-likeness (QED) is 0.368. The van der Waals surface area contributed by atoms with Gasteiger partial charge in [-0.3, -0.25) is 4.90 Å². The molecule has 33 heavy (non-hydrogen) atoms. The highest BCUT2D eigenvalue weighted by Crippen LogP contribution is 2.49. The van der Waals surface area contributed by atoms with Gasteiger partial charge in [-0.2, -0.15) is 0 Å². The van der Waals surface area contributed by atoms with Crippen molar-refractivity contribution in [3.05, 3.63) is 70.8 Å². The maximum atomic E-state index is 16.1. The molecule has 2 saturated carbocycles. The molecule has 0 saturated heterocycles. The summed E-state index contributed by atoms with van der Waals surface area (Å²) < 4.78 is 32.1. The van der Waals surface area contributed by atoms with Gasteiger partial charge in [0, 0.05) is 18.6 Å². The van der Waals surface area contributed by atoms with Crippen LogP contribution >= 0.6 is 0 Å². The molecular weight excluding hydrogens is 412 g/mol. The number of nitrogens with zero attached hydrogens (tertiary/aromatic N) is 1. The third kappa shape index (κ3) is 5.34. The Morgan fingerprint density at radius 1 is 0.758 bits per heavy atom. The van der Waals surface area contributed by atoms with Crippen molar-refractivity contribution in [2.75, 3.05) is 0 Å². The van der Waals surface area contributed by atoms with Crippen molar-refractivity contribution < 1.29 is 8.78 Å². The van der Waals surface area contributed by atoms with E-state index >= 15 is 8.78 Å². The van der Waals surface area contributed by atoms with Crippen LogP contribution in [0.1, 0.15) is 101 Å². The molecule has 2 fully saturated rings. The number of hydrogen-bond donors (Lipinski definition) is 0. The summed E-state index contributed by atoms with van der Waals surface area (Å²) in [5, 5.41) is 0. The van der Waals surface area contributed by atoms with E-state index in [-0.39, 0.29) is 0 Å². The summed E-state index contributed by atoms with van der Waals surface area (Å²) in [6.07, 6.45) is 7.64. The molecule has 2 aliphatic carbocycles. The maximum Gasteiger partial charge on any atom is 0.136 e. The lowest BCUT2D eigenvalue weighted by atomic mass is 9.80. The molecule has 1 unspecified atom stereocenters. The molecule has 180 valence electrons. The van der Waals surface area contributed by atoms with E-state index in [1.54, 1.807) is 0 Å². The molecular formula is C30H41F2N. The highest BCUT2D eigenvalue weighted by atomic mass is 19.1. The zero-order valence-electron chi connectivity index (χ0n) is 20.8. The minimum atomic E-state index is -1.29. The van der Waals surface area contributed by atoms with E-state index in [0.717, 1.165) is 61.8 Å². The van der Waals surface area contributed by atoms with Crippen LogP contribution in [0.3, 0.4) is 0 Å². The molecule has 0 aromatic heterocycles. The zero-order valence-corrected chi connectivity index (χ0v) is 20.8. The van der Waals surface area contributed by atoms with Crippen molar-refractivity contribution >= 4 is 0 Å². The SMILES string of the molecule is CC(C)N(Cc1ccccc1)C(C)CCc1c(C2(F)CCCC2)cccc1C1(F)CCCC1. The van der Waals surface area contributed by atoms with Crippen LogP contribution in [0.15, 0.2) is 48.5 Å². The lowest BCUT2D eigenvalue weighted by molar-refractivity contribution is 0.144. The van der Waals surface area contributed by atoms with Crippen LogP contribution in [-0.2, 0) is 24.3 Å². The summed E-state index contributed by atoms with van der Waals surface area (Å²) in [5.41, 5.74) is 1.28. The molecule has 0 amide bonds. The van der Waals surface area contributed by atoms with Gasteiger partial charge in [0.25, 0.3) is 0 Å². The molecule has 2 aliphatic rings. The number of rotatable bonds is 9. The van der Waals surface area contributed by atoms with Crippen molar-refractivity contribution in [3.63, 3.8) is 0 Å². The molecule has 1 nitrogen and oxygen atoms in total. The highest BCUT2D eigenvalue weighted by molar-refractivity contribution is 5.43. The van der Waals surface area contributed by atoms with Gasteiger partial charge < -0.3 is 0 Å². The molecule has 0 radical (unpaired) electrons. The molecule has 0 aliphatic heterocycles. The summed E-state index contributed by atoms with van der Waals surface area (Å²) in [6, 6.07) is 17.1. The summed E-state index contributed by atoms with van der Waals surface area (Å²) in [5.74, 6) is 0. The van der Waals surface area contributed by atoms with Gasteiger partial charge in [-0.05, 0) is 107 Å². The van der Waals surface area contributed by atoms with Gasteiger partial charge in [-0.1, -0.05) is 48.5 Å². The Bertz CT molecular complexity index is 855. The Morgan fingerprint density at radius 3 is 1.76 bits per heavy atom. The van der Waals surface area contributed by atoms with Gasteiger partial charge in [-0.15, -0.1) is 0 Å². The second-order valence-corrected chi connectivity index (χ2v) is 10.8. The summed E-state index contributed by atoms with van der Waals surface area (Å²) in [6.45, 7) is 7.65. The van der Waals surface area contributed by atoms with Gasteiger partial charge >= 0.3 is 0 Å². The minimum absolute atomic E-state index is 0.324. The topological polar surface area (TPSA) is 3.24 Å². The molecule has 0 heterocycles. The molecule has 0 N–H and O–H groups in total. The first-order chi connectivity index (χ1) is 15.8. The second kappa shape index (κ2) is 10.3. The summed E-state index contributed by atoms with van der Waals surface area (Å²) in [7, 11) is 0. The fourth-order valence-electron chi connectivity index (χ4n) is 6.27. The van der Waals surface area contributed by atoms with Crippen molar-refractivity contribution in [1.29, 1.82) is 0 Å². The smallest absolute Gasteiger partial charge is 0.136 e. The first kappa shape index (κ1) is 24.4. The Kier molecular flexibility index (Phi) is 7.58. The van der Waals surface area contributed by atoms with Gasteiger partial charge in [0.2, 0.25) is 0 Å². The van der Waals surface area contributed by atoms with Gasteiger partial charge in [-0.25, -0.2) is 8.78 Å². The average Bonchev–Trinajstić information content (AvgIpc) is 3.46. The van der Waals surface area contributed by atoms with Crippen molar-refractivity contribution in [3.8, 4) is 0 Å². The fraction of sp³-hybridized carbons (Fsp3) is 0.600. The Morgan fingerprint density at radius 2 is 1.27 bits per heavy atom. The first-order valence-electron chi connectivity index (χ1n) is 13.1. The van der Waals surface area contributed by atoms with Crippen molar-refractivity contribution in [1.82, 2.24) is 4.90 Å². The third-order valence-electron chi connectivity index (χ3n) is 8.18. The molecule has 0 bridgehead atoms. The number of hydrogen-bond acceptors (Lipinski definition) is 1. The van der Waals surface area contributed by atoms with Crippen molar-refractivity contribution in [2.45, 2.75) is 115 Å². The predicted molar refractivity (Wildman–Crippen MR) is 134 cm³/mol. The molecule has 4 rings (SSSR count). The van der Waals surface area contributed by atoms with Crippen molar-refractivity contribution in [2.24, 2.45) is 0 Å². The zero-order chi connectivity index (χ0) is 23.5. The second-order valence-electron chi connectivity index (χ2n) is 10.8. The van der Waals surface area contributed by atoms with E-state index in [0.29, 0.717) is 37.8 Å². The Balaban J connectivity index is 1.60. The van der Waals surface area contributed by atoms with Gasteiger partial charge in [0.1, 0.15) is 11.3 Å². The lowest BCUT2D eigenvalue weighted by Gasteiger charge is -2.34. The Labute approximate surface area is 199 Å². The van der Waals surface area contributed by atoms with Crippen LogP contribution in [0.4, 0.5) is 8.78 Å². The normalized spacial score (nSPS) is 20.6. The minimum Gasteiger partial charge on any atom is -0.294 e.